The molecule has 8 heteroatoms. The van der Waals surface area contributed by atoms with Crippen LogP contribution in [0.15, 0.2) is 82.7 Å². The lowest BCUT2D eigenvalue weighted by Gasteiger charge is -2.13. The quantitative estimate of drug-likeness (QED) is 0.340. The molecule has 3 aromatic carbocycles. The average Bonchev–Trinajstić information content (AvgIpc) is 3.24. The zero-order valence-corrected chi connectivity index (χ0v) is 17.9. The summed E-state index contributed by atoms with van der Waals surface area (Å²) in [4.78, 5) is 17.5. The standard InChI is InChI=1S/C24H23N5O3/c1-17-8-6-13-23(29-24(30)25-27-28-29)22(17)16-31-21-12-7-11-20(14-21)18(2)26-32-15-19-9-4-3-5-10-19/h3-14H,15-16H2,1-2H3,(H,25,28,30). The second-order valence-corrected chi connectivity index (χ2v) is 7.24. The first kappa shape index (κ1) is 21.0. The van der Waals surface area contributed by atoms with Gasteiger partial charge in [0.1, 0.15) is 19.0 Å². The summed E-state index contributed by atoms with van der Waals surface area (Å²) in [5.41, 5.74) is 4.77. The molecule has 1 heterocycles. The Labute approximate surface area is 185 Å². The first-order valence-corrected chi connectivity index (χ1v) is 10.1. The van der Waals surface area contributed by atoms with Gasteiger partial charge in [0.05, 0.1) is 11.4 Å². The zero-order valence-electron chi connectivity index (χ0n) is 17.9. The molecule has 0 unspecified atom stereocenters. The van der Waals surface area contributed by atoms with Crippen LogP contribution in [-0.4, -0.2) is 25.9 Å². The molecule has 1 aromatic heterocycles. The van der Waals surface area contributed by atoms with Crippen molar-refractivity contribution in [2.75, 3.05) is 0 Å². The minimum absolute atomic E-state index is 0.269. The number of nitrogens with one attached hydrogen (secondary N) is 1. The number of oxime groups is 1. The van der Waals surface area contributed by atoms with Gasteiger partial charge in [0, 0.05) is 11.1 Å². The molecule has 0 saturated heterocycles. The number of aryl methyl sites for hydroxylation is 1. The number of ether oxygens (including phenoxy) is 1. The fourth-order valence-corrected chi connectivity index (χ4v) is 3.23. The van der Waals surface area contributed by atoms with Crippen molar-refractivity contribution >= 4 is 5.71 Å². The highest BCUT2D eigenvalue weighted by Crippen LogP contribution is 2.21. The van der Waals surface area contributed by atoms with Crippen LogP contribution in [0.1, 0.15) is 29.2 Å². The van der Waals surface area contributed by atoms with Gasteiger partial charge in [-0.2, -0.15) is 4.68 Å². The Morgan fingerprint density at radius 2 is 1.84 bits per heavy atom. The van der Waals surface area contributed by atoms with Crippen LogP contribution < -0.4 is 10.4 Å². The molecule has 0 aliphatic rings. The first-order chi connectivity index (χ1) is 15.6. The number of hydrogen-bond acceptors (Lipinski definition) is 6. The van der Waals surface area contributed by atoms with E-state index in [4.69, 9.17) is 9.57 Å². The Morgan fingerprint density at radius 1 is 1.03 bits per heavy atom. The minimum Gasteiger partial charge on any atom is -0.489 e. The van der Waals surface area contributed by atoms with E-state index in [1.54, 1.807) is 0 Å². The predicted molar refractivity (Wildman–Crippen MR) is 121 cm³/mol. The van der Waals surface area contributed by atoms with Crippen molar-refractivity contribution in [3.63, 3.8) is 0 Å². The van der Waals surface area contributed by atoms with Gasteiger partial charge in [-0.3, -0.25) is 0 Å². The van der Waals surface area contributed by atoms with Gasteiger partial charge in [-0.1, -0.05) is 59.8 Å². The molecule has 162 valence electrons. The number of nitrogens with zero attached hydrogens (tertiary/aromatic N) is 4. The Kier molecular flexibility index (Phi) is 6.41. The number of aromatic amines is 1. The molecule has 1 N–H and O–H groups in total. The Bertz CT molecular complexity index is 1280. The SMILES string of the molecule is CC(=NOCc1ccccc1)c1cccc(OCc2c(C)cccc2-n2nn[nH]c2=O)c1. The number of rotatable bonds is 8. The molecular formula is C24H23N5O3. The van der Waals surface area contributed by atoms with E-state index in [2.05, 4.69) is 20.7 Å². The van der Waals surface area contributed by atoms with E-state index >= 15 is 0 Å². The maximum atomic E-state index is 12.0. The highest BCUT2D eigenvalue weighted by molar-refractivity contribution is 5.98. The lowest BCUT2D eigenvalue weighted by Crippen LogP contribution is -2.18. The summed E-state index contributed by atoms with van der Waals surface area (Å²) in [5.74, 6) is 0.682. The van der Waals surface area contributed by atoms with Crippen molar-refractivity contribution in [2.24, 2.45) is 5.16 Å². The average molecular weight is 429 g/mol. The molecule has 0 atom stereocenters. The third-order valence-corrected chi connectivity index (χ3v) is 5.00. The molecule has 4 rings (SSSR count). The Morgan fingerprint density at radius 3 is 2.62 bits per heavy atom. The van der Waals surface area contributed by atoms with E-state index in [0.29, 0.717) is 18.0 Å². The zero-order chi connectivity index (χ0) is 22.3. The van der Waals surface area contributed by atoms with Crippen LogP contribution in [0, 0.1) is 6.92 Å². The van der Waals surface area contributed by atoms with E-state index < -0.39 is 5.69 Å². The molecule has 0 aliphatic carbocycles. The maximum absolute atomic E-state index is 12.0. The van der Waals surface area contributed by atoms with Gasteiger partial charge in [0.15, 0.2) is 0 Å². The summed E-state index contributed by atoms with van der Waals surface area (Å²) in [7, 11) is 0. The van der Waals surface area contributed by atoms with Crippen LogP contribution in [0.4, 0.5) is 0 Å². The van der Waals surface area contributed by atoms with E-state index in [9.17, 15) is 4.79 Å². The first-order valence-electron chi connectivity index (χ1n) is 10.1. The number of H-pyrrole nitrogens is 1. The molecule has 0 saturated carbocycles. The smallest absolute Gasteiger partial charge is 0.365 e. The summed E-state index contributed by atoms with van der Waals surface area (Å²) in [5, 5.41) is 14.0. The monoisotopic (exact) mass is 429 g/mol. The molecule has 0 radical (unpaired) electrons. The Hall–Kier alpha value is -4.20. The second-order valence-electron chi connectivity index (χ2n) is 7.24. The number of benzene rings is 3. The van der Waals surface area contributed by atoms with Gasteiger partial charge in [-0.15, -0.1) is 0 Å². The van der Waals surface area contributed by atoms with Crippen LogP contribution in [0.2, 0.25) is 0 Å². The maximum Gasteiger partial charge on any atom is 0.365 e. The van der Waals surface area contributed by atoms with E-state index in [1.807, 2.05) is 86.6 Å². The largest absolute Gasteiger partial charge is 0.489 e. The van der Waals surface area contributed by atoms with Gasteiger partial charge in [-0.05, 0) is 53.6 Å². The van der Waals surface area contributed by atoms with E-state index in [0.717, 1.165) is 28.0 Å². The van der Waals surface area contributed by atoms with Crippen LogP contribution in [0.5, 0.6) is 5.75 Å². The van der Waals surface area contributed by atoms with Crippen molar-refractivity contribution < 1.29 is 9.57 Å². The van der Waals surface area contributed by atoms with Gasteiger partial charge in [0.2, 0.25) is 0 Å². The minimum atomic E-state index is -0.402. The summed E-state index contributed by atoms with van der Waals surface area (Å²) < 4.78 is 7.27. The van der Waals surface area contributed by atoms with Crippen LogP contribution >= 0.6 is 0 Å². The van der Waals surface area contributed by atoms with Crippen LogP contribution in [-0.2, 0) is 18.1 Å². The molecule has 8 nitrogen and oxygen atoms in total. The molecule has 0 spiro atoms. The van der Waals surface area contributed by atoms with Gasteiger partial charge >= 0.3 is 5.69 Å². The van der Waals surface area contributed by atoms with E-state index in [1.165, 1.54) is 4.68 Å². The van der Waals surface area contributed by atoms with Gasteiger partial charge < -0.3 is 9.57 Å². The molecule has 0 aliphatic heterocycles. The summed E-state index contributed by atoms with van der Waals surface area (Å²) in [6, 6.07) is 23.2. The highest BCUT2D eigenvalue weighted by atomic mass is 16.6. The third-order valence-electron chi connectivity index (χ3n) is 5.00. The fraction of sp³-hybridized carbons (Fsp3) is 0.167. The normalized spacial score (nSPS) is 11.4. The second kappa shape index (κ2) is 9.74. The van der Waals surface area contributed by atoms with Crippen molar-refractivity contribution in [1.29, 1.82) is 0 Å². The third kappa shape index (κ3) is 4.92. The number of tetrazole rings is 1. The molecule has 0 amide bonds. The lowest BCUT2D eigenvalue weighted by molar-refractivity contribution is 0.130. The fourth-order valence-electron chi connectivity index (χ4n) is 3.23. The summed E-state index contributed by atoms with van der Waals surface area (Å²) in [6.45, 7) is 4.53. The van der Waals surface area contributed by atoms with Gasteiger partial charge in [-0.25, -0.2) is 9.89 Å². The number of hydrogen-bond donors (Lipinski definition) is 1. The molecular weight excluding hydrogens is 406 g/mol. The lowest BCUT2D eigenvalue weighted by atomic mass is 10.1. The van der Waals surface area contributed by atoms with Crippen molar-refractivity contribution in [2.45, 2.75) is 27.1 Å². The topological polar surface area (TPSA) is 94.4 Å². The predicted octanol–water partition coefficient (Wildman–Crippen LogP) is 3.78. The van der Waals surface area contributed by atoms with Crippen molar-refractivity contribution in [3.05, 3.63) is 106 Å². The Balaban J connectivity index is 1.47. The molecule has 4 aromatic rings. The van der Waals surface area contributed by atoms with Crippen LogP contribution in [0.3, 0.4) is 0 Å². The molecule has 0 fully saturated rings. The highest BCUT2D eigenvalue weighted by Gasteiger charge is 2.12. The van der Waals surface area contributed by atoms with E-state index in [-0.39, 0.29) is 6.61 Å². The van der Waals surface area contributed by atoms with Crippen molar-refractivity contribution in [1.82, 2.24) is 20.2 Å². The van der Waals surface area contributed by atoms with Crippen LogP contribution in [0.25, 0.3) is 5.69 Å². The summed E-state index contributed by atoms with van der Waals surface area (Å²) in [6.07, 6.45) is 0. The van der Waals surface area contributed by atoms with Gasteiger partial charge in [0.25, 0.3) is 0 Å². The molecule has 32 heavy (non-hydrogen) atoms. The molecule has 0 bridgehead atoms. The van der Waals surface area contributed by atoms with Crippen molar-refractivity contribution in [3.8, 4) is 11.4 Å². The number of aromatic nitrogens is 4. The summed E-state index contributed by atoms with van der Waals surface area (Å²) >= 11 is 0.